The van der Waals surface area contributed by atoms with Crippen LogP contribution in [0.1, 0.15) is 6.23 Å². The summed E-state index contributed by atoms with van der Waals surface area (Å²) in [6.07, 6.45) is 0.150. The molecule has 3 atom stereocenters. The van der Waals surface area contributed by atoms with Crippen LogP contribution < -0.4 is 5.73 Å². The molecule has 1 aliphatic heterocycles. The van der Waals surface area contributed by atoms with E-state index in [1.54, 1.807) is 0 Å². The Balaban J connectivity index is 2.09. The highest BCUT2D eigenvalue weighted by Gasteiger charge is 2.55. The van der Waals surface area contributed by atoms with E-state index >= 15 is 0 Å². The molecule has 0 aromatic carbocycles. The van der Waals surface area contributed by atoms with Gasteiger partial charge in [0.2, 0.25) is 0 Å². The lowest BCUT2D eigenvalue weighted by atomic mass is 9.95. The molecule has 1 aliphatic rings. The van der Waals surface area contributed by atoms with Crippen LogP contribution in [0.3, 0.4) is 0 Å². The minimum absolute atomic E-state index is 0.156. The van der Waals surface area contributed by atoms with Crippen molar-refractivity contribution in [2.24, 2.45) is 5.11 Å². The molecule has 3 rings (SSSR count). The Morgan fingerprint density at radius 1 is 1.39 bits per heavy atom. The Morgan fingerprint density at radius 2 is 2.13 bits per heavy atom. The lowest BCUT2D eigenvalue weighted by Crippen LogP contribution is -2.48. The van der Waals surface area contributed by atoms with Crippen molar-refractivity contribution in [3.05, 3.63) is 23.1 Å². The first-order valence-corrected chi connectivity index (χ1v) is 6.63. The number of fused-ring (bicyclic) bond motifs is 1. The first-order chi connectivity index (χ1) is 11.1. The van der Waals surface area contributed by atoms with Gasteiger partial charge in [-0.05, 0) is 5.53 Å². The fourth-order valence-corrected chi connectivity index (χ4v) is 2.67. The van der Waals surface area contributed by atoms with Crippen molar-refractivity contribution in [2.45, 2.75) is 24.0 Å². The molecule has 0 spiro atoms. The second-order valence-corrected chi connectivity index (χ2v) is 5.11. The normalized spacial score (nSPS) is 26.3. The third-order valence-electron chi connectivity index (χ3n) is 3.88. The number of hydrogen-bond acceptors (Lipinski definition) is 9. The lowest BCUT2D eigenvalue weighted by Gasteiger charge is -2.27. The molecule has 0 amide bonds. The van der Waals surface area contributed by atoms with E-state index in [2.05, 4.69) is 25.0 Å². The summed E-state index contributed by atoms with van der Waals surface area (Å²) in [5.74, 6) is 0.156. The maximum Gasteiger partial charge on any atom is 0.167 e. The van der Waals surface area contributed by atoms with Crippen molar-refractivity contribution in [3.8, 4) is 0 Å². The molecule has 0 unspecified atom stereocenters. The summed E-state index contributed by atoms with van der Waals surface area (Å²) >= 11 is 0. The van der Waals surface area contributed by atoms with E-state index < -0.39 is 37.2 Å². The minimum atomic E-state index is -1.62. The van der Waals surface area contributed by atoms with Gasteiger partial charge in [0.25, 0.3) is 0 Å². The van der Waals surface area contributed by atoms with E-state index in [4.69, 9.17) is 16.0 Å². The van der Waals surface area contributed by atoms with Crippen molar-refractivity contribution in [1.29, 1.82) is 0 Å². The van der Waals surface area contributed by atoms with E-state index in [0.29, 0.717) is 11.2 Å². The van der Waals surface area contributed by atoms with Crippen LogP contribution >= 0.6 is 0 Å². The number of nitrogens with two attached hydrogens (primary N) is 1. The van der Waals surface area contributed by atoms with E-state index in [9.17, 15) is 15.3 Å². The number of hydrogen-bond donors (Lipinski definition) is 4. The van der Waals surface area contributed by atoms with Crippen LogP contribution in [0.5, 0.6) is 0 Å². The van der Waals surface area contributed by atoms with Crippen molar-refractivity contribution >= 4 is 17.0 Å². The molecule has 0 bridgehead atoms. The fourth-order valence-electron chi connectivity index (χ4n) is 2.67. The number of aromatic nitrogens is 4. The van der Waals surface area contributed by atoms with Crippen molar-refractivity contribution < 1.29 is 20.1 Å². The number of rotatable bonds is 4. The van der Waals surface area contributed by atoms with Crippen LogP contribution in [-0.2, 0) is 4.74 Å². The Morgan fingerprint density at radius 3 is 2.78 bits per heavy atom. The molecule has 0 saturated carbocycles. The zero-order valence-corrected chi connectivity index (χ0v) is 11.8. The number of nitrogens with zero attached hydrogens (tertiary/aromatic N) is 7. The average molecular weight is 322 g/mol. The average Bonchev–Trinajstić information content (AvgIpc) is 3.10. The van der Waals surface area contributed by atoms with Gasteiger partial charge in [0.05, 0.1) is 19.5 Å². The fraction of sp³-hybridized carbons (Fsp3) is 0.545. The lowest BCUT2D eigenvalue weighted by molar-refractivity contribution is -0.130. The van der Waals surface area contributed by atoms with Crippen LogP contribution in [0.4, 0.5) is 5.82 Å². The van der Waals surface area contributed by atoms with Gasteiger partial charge in [0.15, 0.2) is 17.7 Å². The zero-order chi connectivity index (χ0) is 16.6. The molecule has 122 valence electrons. The van der Waals surface area contributed by atoms with E-state index in [1.807, 2.05) is 0 Å². The molecule has 23 heavy (non-hydrogen) atoms. The molecule has 0 radical (unpaired) electrons. The highest BCUT2D eigenvalue weighted by molar-refractivity contribution is 5.81. The minimum Gasteiger partial charge on any atom is -0.393 e. The maximum atomic E-state index is 10.4. The number of imidazole rings is 1. The molecule has 2 aromatic heterocycles. The topological polar surface area (TPSA) is 188 Å². The van der Waals surface area contributed by atoms with Crippen LogP contribution in [0.2, 0.25) is 0 Å². The predicted octanol–water partition coefficient (Wildman–Crippen LogP) is -1.30. The van der Waals surface area contributed by atoms with Crippen molar-refractivity contribution in [1.82, 2.24) is 19.5 Å². The Labute approximate surface area is 128 Å². The summed E-state index contributed by atoms with van der Waals surface area (Å²) < 4.78 is 7.00. The van der Waals surface area contributed by atoms with Crippen LogP contribution in [0.25, 0.3) is 21.6 Å². The largest absolute Gasteiger partial charge is 0.393 e. The number of aliphatic hydroxyl groups is 3. The molecule has 5 N–H and O–H groups in total. The van der Waals surface area contributed by atoms with Gasteiger partial charge in [-0.15, -0.1) is 0 Å². The van der Waals surface area contributed by atoms with Gasteiger partial charge in [-0.2, -0.15) is 0 Å². The summed E-state index contributed by atoms with van der Waals surface area (Å²) in [4.78, 5) is 14.6. The maximum absolute atomic E-state index is 10.4. The Hall–Kier alpha value is -2.50. The summed E-state index contributed by atoms with van der Waals surface area (Å²) in [6, 6.07) is -1.19. The first-order valence-electron chi connectivity index (χ1n) is 6.63. The summed E-state index contributed by atoms with van der Waals surface area (Å²) in [5.41, 5.74) is 13.4. The summed E-state index contributed by atoms with van der Waals surface area (Å²) in [5, 5.41) is 33.0. The quantitative estimate of drug-likeness (QED) is 0.303. The van der Waals surface area contributed by atoms with Crippen LogP contribution in [0.15, 0.2) is 17.8 Å². The van der Waals surface area contributed by atoms with Crippen LogP contribution in [0, 0.1) is 0 Å². The van der Waals surface area contributed by atoms with Crippen molar-refractivity contribution in [2.75, 3.05) is 18.9 Å². The van der Waals surface area contributed by atoms with E-state index in [1.165, 1.54) is 17.2 Å². The molecule has 0 aliphatic carbocycles. The molecule has 1 fully saturated rings. The monoisotopic (exact) mass is 322 g/mol. The summed E-state index contributed by atoms with van der Waals surface area (Å²) in [7, 11) is 0. The number of ether oxygens (including phenoxy) is 1. The van der Waals surface area contributed by atoms with Gasteiger partial charge in [-0.1, -0.05) is 5.11 Å². The van der Waals surface area contributed by atoms with Gasteiger partial charge in [0, 0.05) is 4.91 Å². The smallest absolute Gasteiger partial charge is 0.167 e. The molecule has 3 heterocycles. The van der Waals surface area contributed by atoms with Gasteiger partial charge in [0.1, 0.15) is 29.6 Å². The second-order valence-electron chi connectivity index (χ2n) is 5.11. The van der Waals surface area contributed by atoms with E-state index in [-0.39, 0.29) is 5.82 Å². The second kappa shape index (κ2) is 5.61. The highest BCUT2D eigenvalue weighted by atomic mass is 16.6. The number of azide groups is 1. The van der Waals surface area contributed by atoms with Crippen molar-refractivity contribution in [3.63, 3.8) is 0 Å². The van der Waals surface area contributed by atoms with Gasteiger partial charge in [-0.3, -0.25) is 4.57 Å². The van der Waals surface area contributed by atoms with Gasteiger partial charge < -0.3 is 25.8 Å². The SMILES string of the molecule is [N-]=[N+]=N[C@H]1[C@@H](O)[C@H](n2cnc3c(N)ncnc32)OC1(CO)CO. The standard InChI is InChI=1S/C11H14N8O4/c12-8-5-9(15-3-14-8)19(4-16-5)10-6(22)7(17-18-13)11(1-20,2-21)23-10/h3-4,6-7,10,20-22H,1-2H2,(H2,12,14,15)/t6-,7+,10-/m1/s1. The number of aliphatic hydroxyl groups excluding tert-OH is 3. The molecule has 12 nitrogen and oxygen atoms in total. The third kappa shape index (κ3) is 2.17. The third-order valence-corrected chi connectivity index (χ3v) is 3.88. The number of nitrogen functional groups attached to an aromatic ring is 1. The highest BCUT2D eigenvalue weighted by Crippen LogP contribution is 2.40. The molecular formula is C11H14N8O4. The molecular weight excluding hydrogens is 308 g/mol. The Kier molecular flexibility index (Phi) is 3.75. The molecule has 12 heteroatoms. The molecule has 1 saturated heterocycles. The number of anilines is 1. The zero-order valence-electron chi connectivity index (χ0n) is 11.8. The van der Waals surface area contributed by atoms with Gasteiger partial charge >= 0.3 is 0 Å². The summed E-state index contributed by atoms with van der Waals surface area (Å²) in [6.45, 7) is -1.30. The Bertz CT molecular complexity index is 768. The first kappa shape index (κ1) is 15.4. The van der Waals surface area contributed by atoms with Crippen LogP contribution in [-0.4, -0.2) is 65.8 Å². The predicted molar refractivity (Wildman–Crippen MR) is 75.7 cm³/mol. The molecule has 2 aromatic rings. The van der Waals surface area contributed by atoms with Gasteiger partial charge in [-0.25, -0.2) is 15.0 Å². The van der Waals surface area contributed by atoms with E-state index in [0.717, 1.165) is 0 Å².